The number of aromatic nitrogens is 1. The maximum atomic E-state index is 11.0. The highest BCUT2D eigenvalue weighted by Crippen LogP contribution is 2.04. The average molecular weight is 165 g/mol. The van der Waals surface area contributed by atoms with Gasteiger partial charge in [0.05, 0.1) is 0 Å². The molecule has 0 saturated heterocycles. The van der Waals surface area contributed by atoms with E-state index in [1.807, 2.05) is 24.7 Å². The molecule has 1 aromatic rings. The molecule has 0 bridgehead atoms. The molecule has 0 aliphatic heterocycles. The van der Waals surface area contributed by atoms with Crippen LogP contribution >= 0.6 is 0 Å². The van der Waals surface area contributed by atoms with Crippen LogP contribution in [0.5, 0.6) is 0 Å². The summed E-state index contributed by atoms with van der Waals surface area (Å²) >= 11 is 0. The Morgan fingerprint density at radius 1 is 1.58 bits per heavy atom. The van der Waals surface area contributed by atoms with E-state index in [1.54, 1.807) is 0 Å². The second-order valence-electron chi connectivity index (χ2n) is 3.08. The van der Waals surface area contributed by atoms with Crippen molar-refractivity contribution in [2.75, 3.05) is 0 Å². The lowest BCUT2D eigenvalue weighted by molar-refractivity contribution is -0.118. The van der Waals surface area contributed by atoms with E-state index in [0.717, 1.165) is 6.42 Å². The van der Waals surface area contributed by atoms with E-state index >= 15 is 0 Å². The van der Waals surface area contributed by atoms with Crippen LogP contribution < -0.4 is 0 Å². The number of aryl methyl sites for hydroxylation is 2. The number of nitrogens with zero attached hydrogens (tertiary/aromatic N) is 1. The summed E-state index contributed by atoms with van der Waals surface area (Å²) in [4.78, 5) is 11.0. The Morgan fingerprint density at radius 3 is 2.83 bits per heavy atom. The summed E-state index contributed by atoms with van der Waals surface area (Å²) in [6.07, 6.45) is 6.29. The van der Waals surface area contributed by atoms with Crippen molar-refractivity contribution in [3.8, 4) is 0 Å². The number of carbonyl (C=O) groups excluding carboxylic acids is 1. The van der Waals surface area contributed by atoms with Crippen LogP contribution in [-0.2, 0) is 18.3 Å². The van der Waals surface area contributed by atoms with E-state index in [4.69, 9.17) is 0 Å². The molecule has 0 fully saturated rings. The summed E-state index contributed by atoms with van der Waals surface area (Å²) in [7, 11) is 1.99. The number of ketones is 1. The molecular formula is C10H15NO. The lowest BCUT2D eigenvalue weighted by atomic mass is 10.1. The molecule has 0 saturated carbocycles. The summed E-state index contributed by atoms with van der Waals surface area (Å²) in [5.74, 6) is 0.346. The Bertz CT molecular complexity index is 263. The van der Waals surface area contributed by atoms with Gasteiger partial charge < -0.3 is 4.57 Å². The van der Waals surface area contributed by atoms with E-state index in [1.165, 1.54) is 5.56 Å². The van der Waals surface area contributed by atoms with Gasteiger partial charge in [-0.2, -0.15) is 0 Å². The van der Waals surface area contributed by atoms with Crippen LogP contribution in [0.25, 0.3) is 0 Å². The van der Waals surface area contributed by atoms with Crippen LogP contribution in [0.15, 0.2) is 18.5 Å². The van der Waals surface area contributed by atoms with E-state index in [-0.39, 0.29) is 0 Å². The van der Waals surface area contributed by atoms with Gasteiger partial charge in [0.2, 0.25) is 0 Å². The Hall–Kier alpha value is -1.05. The molecular weight excluding hydrogens is 150 g/mol. The van der Waals surface area contributed by atoms with Crippen LogP contribution in [0.4, 0.5) is 0 Å². The first kappa shape index (κ1) is 9.04. The second kappa shape index (κ2) is 4.10. The van der Waals surface area contributed by atoms with Crippen LogP contribution in [0.1, 0.15) is 25.3 Å². The molecule has 2 nitrogen and oxygen atoms in total. The average Bonchev–Trinajstić information content (AvgIpc) is 2.47. The van der Waals surface area contributed by atoms with Crippen molar-refractivity contribution in [2.24, 2.45) is 7.05 Å². The largest absolute Gasteiger partial charge is 0.357 e. The highest BCUT2D eigenvalue weighted by Gasteiger charge is 1.99. The SMILES string of the molecule is CCC(=O)CCc1ccn(C)c1. The quantitative estimate of drug-likeness (QED) is 0.668. The van der Waals surface area contributed by atoms with Crippen molar-refractivity contribution in [2.45, 2.75) is 26.2 Å². The summed E-state index contributed by atoms with van der Waals surface area (Å²) in [6, 6.07) is 2.06. The fourth-order valence-corrected chi connectivity index (χ4v) is 1.17. The number of hydrogen-bond donors (Lipinski definition) is 0. The number of rotatable bonds is 4. The maximum Gasteiger partial charge on any atom is 0.132 e. The molecule has 0 unspecified atom stereocenters. The highest BCUT2D eigenvalue weighted by atomic mass is 16.1. The van der Waals surface area contributed by atoms with Gasteiger partial charge >= 0.3 is 0 Å². The Kier molecular flexibility index (Phi) is 3.09. The van der Waals surface area contributed by atoms with E-state index in [9.17, 15) is 4.79 Å². The maximum absolute atomic E-state index is 11.0. The van der Waals surface area contributed by atoms with Gasteiger partial charge in [-0.1, -0.05) is 6.92 Å². The molecule has 2 heteroatoms. The van der Waals surface area contributed by atoms with E-state index < -0.39 is 0 Å². The Labute approximate surface area is 73.2 Å². The van der Waals surface area contributed by atoms with Crippen LogP contribution in [0.2, 0.25) is 0 Å². The Balaban J connectivity index is 2.38. The number of Topliss-reactive ketones (excluding diaryl/α,β-unsaturated/α-hetero) is 1. The first-order valence-corrected chi connectivity index (χ1v) is 4.35. The first-order valence-electron chi connectivity index (χ1n) is 4.35. The fourth-order valence-electron chi connectivity index (χ4n) is 1.17. The minimum absolute atomic E-state index is 0.346. The van der Waals surface area contributed by atoms with Gasteiger partial charge in [0.25, 0.3) is 0 Å². The minimum Gasteiger partial charge on any atom is -0.357 e. The molecule has 0 amide bonds. The number of carbonyl (C=O) groups is 1. The number of hydrogen-bond acceptors (Lipinski definition) is 1. The van der Waals surface area contributed by atoms with Crippen molar-refractivity contribution in [1.29, 1.82) is 0 Å². The summed E-state index contributed by atoms with van der Waals surface area (Å²) in [5, 5.41) is 0. The van der Waals surface area contributed by atoms with Crippen molar-refractivity contribution < 1.29 is 4.79 Å². The van der Waals surface area contributed by atoms with Gasteiger partial charge in [0.15, 0.2) is 0 Å². The zero-order valence-corrected chi connectivity index (χ0v) is 7.71. The molecule has 0 radical (unpaired) electrons. The van der Waals surface area contributed by atoms with Crippen molar-refractivity contribution in [3.05, 3.63) is 24.0 Å². The zero-order valence-electron chi connectivity index (χ0n) is 7.71. The van der Waals surface area contributed by atoms with Gasteiger partial charge in [-0.05, 0) is 18.1 Å². The van der Waals surface area contributed by atoms with Gasteiger partial charge in [-0.15, -0.1) is 0 Å². The molecule has 1 heterocycles. The van der Waals surface area contributed by atoms with Crippen molar-refractivity contribution in [3.63, 3.8) is 0 Å². The molecule has 0 aliphatic rings. The second-order valence-corrected chi connectivity index (χ2v) is 3.08. The molecule has 0 N–H and O–H groups in total. The lowest BCUT2D eigenvalue weighted by Crippen LogP contribution is -1.96. The minimum atomic E-state index is 0.346. The molecule has 0 aliphatic carbocycles. The molecule has 0 atom stereocenters. The van der Waals surface area contributed by atoms with E-state index in [2.05, 4.69) is 12.3 Å². The third-order valence-corrected chi connectivity index (χ3v) is 1.98. The normalized spacial score (nSPS) is 10.2. The van der Waals surface area contributed by atoms with Crippen LogP contribution in [0, 0.1) is 0 Å². The summed E-state index contributed by atoms with van der Waals surface area (Å²) in [6.45, 7) is 1.91. The molecule has 1 aromatic heterocycles. The van der Waals surface area contributed by atoms with Gasteiger partial charge in [-0.3, -0.25) is 4.79 Å². The summed E-state index contributed by atoms with van der Waals surface area (Å²) < 4.78 is 2.01. The highest BCUT2D eigenvalue weighted by molar-refractivity contribution is 5.78. The third kappa shape index (κ3) is 2.53. The van der Waals surface area contributed by atoms with Gasteiger partial charge in [-0.25, -0.2) is 0 Å². The Morgan fingerprint density at radius 2 is 2.33 bits per heavy atom. The molecule has 12 heavy (non-hydrogen) atoms. The topological polar surface area (TPSA) is 22.0 Å². The van der Waals surface area contributed by atoms with E-state index in [0.29, 0.717) is 18.6 Å². The zero-order chi connectivity index (χ0) is 8.97. The summed E-state index contributed by atoms with van der Waals surface area (Å²) in [5.41, 5.74) is 1.25. The molecule has 1 rings (SSSR count). The van der Waals surface area contributed by atoms with Crippen LogP contribution in [-0.4, -0.2) is 10.4 Å². The first-order chi connectivity index (χ1) is 5.72. The predicted molar refractivity (Wildman–Crippen MR) is 49.0 cm³/mol. The predicted octanol–water partition coefficient (Wildman–Crippen LogP) is 1.94. The van der Waals surface area contributed by atoms with Crippen LogP contribution in [0.3, 0.4) is 0 Å². The monoisotopic (exact) mass is 165 g/mol. The standard InChI is InChI=1S/C10H15NO/c1-3-10(12)5-4-9-6-7-11(2)8-9/h6-8H,3-5H2,1-2H3. The third-order valence-electron chi connectivity index (χ3n) is 1.98. The molecule has 0 spiro atoms. The van der Waals surface area contributed by atoms with Crippen molar-refractivity contribution >= 4 is 5.78 Å². The molecule has 0 aromatic carbocycles. The van der Waals surface area contributed by atoms with Gasteiger partial charge in [0, 0.05) is 32.3 Å². The fraction of sp³-hybridized carbons (Fsp3) is 0.500. The lowest BCUT2D eigenvalue weighted by Gasteiger charge is -1.94. The smallest absolute Gasteiger partial charge is 0.132 e. The van der Waals surface area contributed by atoms with Gasteiger partial charge in [0.1, 0.15) is 5.78 Å². The molecule has 66 valence electrons. The van der Waals surface area contributed by atoms with Crippen molar-refractivity contribution in [1.82, 2.24) is 4.57 Å².